The Balaban J connectivity index is 2.33. The predicted octanol–water partition coefficient (Wildman–Crippen LogP) is -0.346. The van der Waals surface area contributed by atoms with Gasteiger partial charge in [-0.15, -0.1) is 0 Å². The molecule has 0 bridgehead atoms. The lowest BCUT2D eigenvalue weighted by molar-refractivity contribution is 0.0510. The summed E-state index contributed by atoms with van der Waals surface area (Å²) in [5.74, 6) is 0. The molecule has 2 N–H and O–H groups in total. The van der Waals surface area contributed by atoms with E-state index in [2.05, 4.69) is 5.32 Å². The second-order valence-corrected chi connectivity index (χ2v) is 3.28. The fourth-order valence-electron chi connectivity index (χ4n) is 1.42. The first-order chi connectivity index (χ1) is 7.11. The number of alkyl carbamates (subject to hydrolysis) is 1. The summed E-state index contributed by atoms with van der Waals surface area (Å²) in [5, 5.41) is 11.1. The molecule has 0 radical (unpaired) electrons. The number of carbonyl (C=O) groups is 1. The number of hydrogen-bond acceptors (Lipinski definition) is 4. The molecule has 0 aromatic rings. The summed E-state index contributed by atoms with van der Waals surface area (Å²) < 4.78 is 29.0. The Morgan fingerprint density at radius 3 is 2.87 bits per heavy atom. The van der Waals surface area contributed by atoms with E-state index in [-0.39, 0.29) is 19.7 Å². The zero-order chi connectivity index (χ0) is 11.3. The number of carbonyl (C=O) groups excluding carboxylic acids is 1. The van der Waals surface area contributed by atoms with Gasteiger partial charge in [-0.1, -0.05) is 0 Å². The number of nitrogens with zero attached hydrogens (tertiary/aromatic N) is 1. The van der Waals surface area contributed by atoms with Crippen molar-refractivity contribution in [2.24, 2.45) is 0 Å². The summed E-state index contributed by atoms with van der Waals surface area (Å²) in [5.41, 5.74) is 0. The molecule has 1 heterocycles. The van der Waals surface area contributed by atoms with Crippen molar-refractivity contribution in [3.8, 4) is 0 Å². The molecular weight excluding hydrogens is 210 g/mol. The average molecular weight is 224 g/mol. The van der Waals surface area contributed by atoms with Gasteiger partial charge >= 0.3 is 6.09 Å². The minimum absolute atomic E-state index is 0.151. The zero-order valence-corrected chi connectivity index (χ0v) is 8.16. The van der Waals surface area contributed by atoms with Crippen LogP contribution in [0.2, 0.25) is 0 Å². The molecule has 0 saturated carbocycles. The second kappa shape index (κ2) is 5.82. The number of aliphatic hydroxyl groups excluding tert-OH is 1. The van der Waals surface area contributed by atoms with Crippen molar-refractivity contribution >= 4 is 6.09 Å². The molecule has 1 aliphatic heterocycles. The number of aliphatic hydroxyl groups is 1. The molecule has 5 nitrogen and oxygen atoms in total. The first-order valence-electron chi connectivity index (χ1n) is 4.67. The number of cyclic esters (lactones) is 1. The Bertz CT molecular complexity index is 216. The Kier molecular flexibility index (Phi) is 4.70. The maximum absolute atomic E-state index is 12.1. The lowest BCUT2D eigenvalue weighted by Gasteiger charge is -2.22. The second-order valence-electron chi connectivity index (χ2n) is 3.28. The van der Waals surface area contributed by atoms with E-state index in [9.17, 15) is 13.6 Å². The lowest BCUT2D eigenvalue weighted by atomic mass is 10.3. The van der Waals surface area contributed by atoms with Gasteiger partial charge in [-0.2, -0.15) is 0 Å². The van der Waals surface area contributed by atoms with E-state index in [1.807, 2.05) is 0 Å². The summed E-state index contributed by atoms with van der Waals surface area (Å²) in [6, 6.07) is 0. The van der Waals surface area contributed by atoms with Crippen LogP contribution < -0.4 is 5.32 Å². The maximum Gasteiger partial charge on any atom is 0.407 e. The molecule has 1 fully saturated rings. The van der Waals surface area contributed by atoms with E-state index in [1.54, 1.807) is 0 Å². The molecule has 1 rings (SSSR count). The van der Waals surface area contributed by atoms with E-state index in [4.69, 9.17) is 9.84 Å². The van der Waals surface area contributed by atoms with Gasteiger partial charge in [-0.25, -0.2) is 13.6 Å². The van der Waals surface area contributed by atoms with Crippen LogP contribution in [0.3, 0.4) is 0 Å². The van der Waals surface area contributed by atoms with Crippen molar-refractivity contribution in [3.05, 3.63) is 0 Å². The van der Waals surface area contributed by atoms with Crippen molar-refractivity contribution in [1.82, 2.24) is 10.2 Å². The number of nitrogens with one attached hydrogen (secondary N) is 1. The number of alkyl halides is 2. The highest BCUT2D eigenvalue weighted by Crippen LogP contribution is 2.05. The van der Waals surface area contributed by atoms with Gasteiger partial charge in [-0.05, 0) is 0 Å². The van der Waals surface area contributed by atoms with Crippen LogP contribution in [0.15, 0.2) is 0 Å². The van der Waals surface area contributed by atoms with Gasteiger partial charge in [0.1, 0.15) is 6.10 Å². The first kappa shape index (κ1) is 12.1. The molecule has 0 aliphatic carbocycles. The van der Waals surface area contributed by atoms with E-state index in [0.29, 0.717) is 6.54 Å². The Morgan fingerprint density at radius 2 is 2.40 bits per heavy atom. The lowest BCUT2D eigenvalue weighted by Crippen LogP contribution is -2.39. The molecule has 1 saturated heterocycles. The molecule has 1 unspecified atom stereocenters. The molecule has 0 spiro atoms. The number of hydrogen-bond donors (Lipinski definition) is 2. The van der Waals surface area contributed by atoms with Gasteiger partial charge < -0.3 is 15.2 Å². The Hall–Kier alpha value is -0.950. The molecule has 1 aliphatic rings. The third-order valence-electron chi connectivity index (χ3n) is 2.02. The SMILES string of the molecule is O=C1NCC(CN(CCO)CC(F)F)O1. The monoisotopic (exact) mass is 224 g/mol. The Morgan fingerprint density at radius 1 is 1.67 bits per heavy atom. The number of amides is 1. The molecule has 0 aromatic heterocycles. The molecule has 15 heavy (non-hydrogen) atoms. The van der Waals surface area contributed by atoms with E-state index < -0.39 is 25.2 Å². The summed E-state index contributed by atoms with van der Waals surface area (Å²) in [7, 11) is 0. The molecular formula is C8H14F2N2O3. The fourth-order valence-corrected chi connectivity index (χ4v) is 1.42. The third-order valence-corrected chi connectivity index (χ3v) is 2.02. The minimum atomic E-state index is -2.46. The highest BCUT2D eigenvalue weighted by Gasteiger charge is 2.25. The largest absolute Gasteiger partial charge is 0.443 e. The van der Waals surface area contributed by atoms with Crippen LogP contribution in [0.5, 0.6) is 0 Å². The molecule has 7 heteroatoms. The summed E-state index contributed by atoms with van der Waals surface area (Å²) >= 11 is 0. The van der Waals surface area contributed by atoms with Gasteiger partial charge in [0.25, 0.3) is 6.43 Å². The number of ether oxygens (including phenoxy) is 1. The highest BCUT2D eigenvalue weighted by molar-refractivity contribution is 5.69. The van der Waals surface area contributed by atoms with Crippen LogP contribution in [0.4, 0.5) is 13.6 Å². The average Bonchev–Trinajstić information content (AvgIpc) is 2.50. The van der Waals surface area contributed by atoms with Crippen LogP contribution in [0.1, 0.15) is 0 Å². The topological polar surface area (TPSA) is 61.8 Å². The van der Waals surface area contributed by atoms with Crippen LogP contribution >= 0.6 is 0 Å². The molecule has 1 atom stereocenters. The fraction of sp³-hybridized carbons (Fsp3) is 0.875. The standard InChI is InChI=1S/C8H14F2N2O3/c9-7(10)5-12(1-2-13)4-6-3-11-8(14)15-6/h6-7,13H,1-5H2,(H,11,14). The van der Waals surface area contributed by atoms with Crippen LogP contribution in [0.25, 0.3) is 0 Å². The minimum Gasteiger partial charge on any atom is -0.443 e. The predicted molar refractivity (Wildman–Crippen MR) is 47.8 cm³/mol. The third kappa shape index (κ3) is 4.39. The first-order valence-corrected chi connectivity index (χ1v) is 4.67. The summed E-state index contributed by atoms with van der Waals surface area (Å²) in [6.45, 7) is 0.0709. The summed E-state index contributed by atoms with van der Waals surface area (Å²) in [4.78, 5) is 12.0. The highest BCUT2D eigenvalue weighted by atomic mass is 19.3. The quantitative estimate of drug-likeness (QED) is 0.647. The van der Waals surface area contributed by atoms with Gasteiger partial charge in [0.05, 0.1) is 19.7 Å². The van der Waals surface area contributed by atoms with E-state index >= 15 is 0 Å². The van der Waals surface area contributed by atoms with Crippen molar-refractivity contribution in [3.63, 3.8) is 0 Å². The number of halogens is 2. The van der Waals surface area contributed by atoms with Crippen LogP contribution in [-0.2, 0) is 4.74 Å². The maximum atomic E-state index is 12.1. The van der Waals surface area contributed by atoms with Gasteiger partial charge in [0, 0.05) is 13.1 Å². The van der Waals surface area contributed by atoms with Crippen molar-refractivity contribution in [2.45, 2.75) is 12.5 Å². The van der Waals surface area contributed by atoms with Gasteiger partial charge in [-0.3, -0.25) is 4.90 Å². The molecule has 88 valence electrons. The summed E-state index contributed by atoms with van der Waals surface area (Å²) in [6.07, 6.45) is -3.40. The normalized spacial score (nSPS) is 20.9. The smallest absolute Gasteiger partial charge is 0.407 e. The zero-order valence-electron chi connectivity index (χ0n) is 8.16. The van der Waals surface area contributed by atoms with Crippen LogP contribution in [0, 0.1) is 0 Å². The van der Waals surface area contributed by atoms with Crippen molar-refractivity contribution in [1.29, 1.82) is 0 Å². The molecule has 1 amide bonds. The number of rotatable bonds is 6. The van der Waals surface area contributed by atoms with Gasteiger partial charge in [0.2, 0.25) is 0 Å². The van der Waals surface area contributed by atoms with Gasteiger partial charge in [0.15, 0.2) is 0 Å². The van der Waals surface area contributed by atoms with E-state index in [0.717, 1.165) is 0 Å². The van der Waals surface area contributed by atoms with Crippen molar-refractivity contribution in [2.75, 3.05) is 32.8 Å². The Labute approximate surface area is 86.0 Å². The van der Waals surface area contributed by atoms with Crippen LogP contribution in [-0.4, -0.2) is 61.4 Å². The molecule has 0 aromatic carbocycles. The van der Waals surface area contributed by atoms with Crippen molar-refractivity contribution < 1.29 is 23.4 Å². The van der Waals surface area contributed by atoms with E-state index in [1.165, 1.54) is 4.90 Å².